The van der Waals surface area contributed by atoms with Crippen LogP contribution in [-0.4, -0.2) is 26.0 Å². The van der Waals surface area contributed by atoms with Gasteiger partial charge in [-0.2, -0.15) is 9.67 Å². The van der Waals surface area contributed by atoms with Gasteiger partial charge in [0.05, 0.1) is 0 Å². The zero-order chi connectivity index (χ0) is 14.7. The Balaban J connectivity index is 1.85. The maximum Gasteiger partial charge on any atom is 0.248 e. The van der Waals surface area contributed by atoms with Gasteiger partial charge in [0.15, 0.2) is 5.82 Å². The molecule has 0 saturated carbocycles. The third-order valence-electron chi connectivity index (χ3n) is 2.80. The Hall–Kier alpha value is -3.22. The second kappa shape index (κ2) is 5.41. The highest BCUT2D eigenvalue weighted by Crippen LogP contribution is 2.16. The van der Waals surface area contributed by atoms with Gasteiger partial charge in [-0.25, -0.2) is 4.98 Å². The van der Waals surface area contributed by atoms with E-state index in [1.165, 1.54) is 4.68 Å². The largest absolute Gasteiger partial charge is 0.368 e. The smallest absolute Gasteiger partial charge is 0.248 e. The Kier molecular flexibility index (Phi) is 3.30. The van der Waals surface area contributed by atoms with Gasteiger partial charge in [-0.3, -0.25) is 4.79 Å². The molecule has 3 aromatic rings. The van der Waals surface area contributed by atoms with Crippen molar-refractivity contribution in [2.45, 2.75) is 0 Å². The Morgan fingerprint density at radius 3 is 2.62 bits per heavy atom. The molecule has 2 heterocycles. The number of carbonyl (C=O) groups excluding carboxylic acids is 1. The van der Waals surface area contributed by atoms with Gasteiger partial charge in [0.1, 0.15) is 6.29 Å². The maximum absolute atomic E-state index is 10.6. The molecule has 2 aromatic heterocycles. The molecule has 0 fully saturated rings. The minimum atomic E-state index is 0.237. The van der Waals surface area contributed by atoms with Gasteiger partial charge < -0.3 is 11.1 Å². The van der Waals surface area contributed by atoms with Crippen LogP contribution in [0.2, 0.25) is 0 Å². The topological polar surface area (TPSA) is 98.7 Å². The molecule has 104 valence electrons. The Morgan fingerprint density at radius 1 is 1.14 bits per heavy atom. The molecule has 3 rings (SSSR count). The summed E-state index contributed by atoms with van der Waals surface area (Å²) < 4.78 is 1.45. The summed E-state index contributed by atoms with van der Waals surface area (Å²) in [5, 5.41) is 7.27. The van der Waals surface area contributed by atoms with Crippen LogP contribution in [0.15, 0.2) is 48.7 Å². The first-order chi connectivity index (χ1) is 10.3. The second-order valence-electron chi connectivity index (χ2n) is 4.26. The molecule has 1 aromatic carbocycles. The van der Waals surface area contributed by atoms with Crippen LogP contribution in [0.3, 0.4) is 0 Å². The van der Waals surface area contributed by atoms with E-state index in [0.29, 0.717) is 17.3 Å². The van der Waals surface area contributed by atoms with E-state index in [4.69, 9.17) is 5.73 Å². The fraction of sp³-hybridized carbons (Fsp3) is 0. The number of hydrogen-bond donors (Lipinski definition) is 2. The lowest BCUT2D eigenvalue weighted by Crippen LogP contribution is -2.04. The van der Waals surface area contributed by atoms with Gasteiger partial charge in [0.2, 0.25) is 11.9 Å². The molecule has 0 unspecified atom stereocenters. The summed E-state index contributed by atoms with van der Waals surface area (Å²) in [6.07, 6.45) is 2.44. The van der Waals surface area contributed by atoms with Crippen LogP contribution in [0.25, 0.3) is 5.82 Å². The molecule has 7 nitrogen and oxygen atoms in total. The summed E-state index contributed by atoms with van der Waals surface area (Å²) in [5.74, 6) is 1.18. The third kappa shape index (κ3) is 2.71. The number of pyridine rings is 1. The summed E-state index contributed by atoms with van der Waals surface area (Å²) in [4.78, 5) is 18.9. The van der Waals surface area contributed by atoms with Crippen molar-refractivity contribution in [3.63, 3.8) is 0 Å². The van der Waals surface area contributed by atoms with E-state index in [9.17, 15) is 4.79 Å². The Labute approximate surface area is 120 Å². The van der Waals surface area contributed by atoms with Gasteiger partial charge in [0.25, 0.3) is 0 Å². The summed E-state index contributed by atoms with van der Waals surface area (Å²) in [6, 6.07) is 12.4. The van der Waals surface area contributed by atoms with E-state index in [1.54, 1.807) is 36.5 Å². The predicted molar refractivity (Wildman–Crippen MR) is 78.7 cm³/mol. The van der Waals surface area contributed by atoms with Crippen molar-refractivity contribution >= 4 is 23.9 Å². The van der Waals surface area contributed by atoms with Crippen molar-refractivity contribution in [1.82, 2.24) is 19.7 Å². The zero-order valence-electron chi connectivity index (χ0n) is 11.0. The summed E-state index contributed by atoms with van der Waals surface area (Å²) in [6.45, 7) is 0. The standard InChI is InChI=1S/C14H12N6O/c15-13-18-14(17-11-6-4-10(9-21)5-7-11)19-20(13)12-3-1-2-8-16-12/h1-9H,(H3,15,17,18,19). The number of nitrogens with two attached hydrogens (primary N) is 1. The first-order valence-electron chi connectivity index (χ1n) is 6.22. The van der Waals surface area contributed by atoms with E-state index in [2.05, 4.69) is 20.4 Å². The SMILES string of the molecule is Nc1nc(Nc2ccc(C=O)cc2)nn1-c1ccccn1. The van der Waals surface area contributed by atoms with Crippen molar-refractivity contribution in [2.75, 3.05) is 11.1 Å². The molecule has 0 aliphatic carbocycles. The molecule has 0 bridgehead atoms. The van der Waals surface area contributed by atoms with Crippen LogP contribution in [-0.2, 0) is 0 Å². The molecular weight excluding hydrogens is 268 g/mol. The van der Waals surface area contributed by atoms with Crippen LogP contribution in [0.4, 0.5) is 17.6 Å². The summed E-state index contributed by atoms with van der Waals surface area (Å²) in [7, 11) is 0. The van der Waals surface area contributed by atoms with Gasteiger partial charge in [-0.1, -0.05) is 6.07 Å². The molecule has 0 aliphatic rings. The van der Waals surface area contributed by atoms with Crippen molar-refractivity contribution in [1.29, 1.82) is 0 Å². The van der Waals surface area contributed by atoms with E-state index in [1.807, 2.05) is 12.1 Å². The first-order valence-corrected chi connectivity index (χ1v) is 6.22. The van der Waals surface area contributed by atoms with E-state index < -0.39 is 0 Å². The number of nitrogens with zero attached hydrogens (tertiary/aromatic N) is 4. The van der Waals surface area contributed by atoms with Crippen LogP contribution in [0.5, 0.6) is 0 Å². The lowest BCUT2D eigenvalue weighted by atomic mass is 10.2. The van der Waals surface area contributed by atoms with Crippen molar-refractivity contribution < 1.29 is 4.79 Å². The molecule has 0 atom stereocenters. The minimum absolute atomic E-state index is 0.237. The molecule has 0 aliphatic heterocycles. The van der Waals surface area contributed by atoms with Crippen LogP contribution >= 0.6 is 0 Å². The highest BCUT2D eigenvalue weighted by Gasteiger charge is 2.09. The second-order valence-corrected chi connectivity index (χ2v) is 4.26. The van der Waals surface area contributed by atoms with E-state index in [-0.39, 0.29) is 5.95 Å². The normalized spacial score (nSPS) is 10.3. The maximum atomic E-state index is 10.6. The Bertz CT molecular complexity index is 751. The number of hydrogen-bond acceptors (Lipinski definition) is 6. The highest BCUT2D eigenvalue weighted by atomic mass is 16.1. The van der Waals surface area contributed by atoms with Gasteiger partial charge in [-0.15, -0.1) is 5.10 Å². The molecule has 0 radical (unpaired) electrons. The minimum Gasteiger partial charge on any atom is -0.368 e. The molecule has 0 amide bonds. The van der Waals surface area contributed by atoms with Crippen LogP contribution < -0.4 is 11.1 Å². The number of carbonyl (C=O) groups is 1. The number of nitrogens with one attached hydrogen (secondary N) is 1. The first kappa shape index (κ1) is 12.8. The van der Waals surface area contributed by atoms with Gasteiger partial charge in [-0.05, 0) is 36.4 Å². The van der Waals surface area contributed by atoms with Crippen molar-refractivity contribution in [3.05, 3.63) is 54.2 Å². The number of aromatic nitrogens is 4. The Morgan fingerprint density at radius 2 is 1.95 bits per heavy atom. The van der Waals surface area contributed by atoms with E-state index in [0.717, 1.165) is 12.0 Å². The number of nitrogen functional groups attached to an aromatic ring is 1. The molecule has 0 spiro atoms. The molecule has 21 heavy (non-hydrogen) atoms. The number of anilines is 3. The molecule has 7 heteroatoms. The van der Waals surface area contributed by atoms with Crippen molar-refractivity contribution in [3.8, 4) is 5.82 Å². The van der Waals surface area contributed by atoms with Gasteiger partial charge in [0, 0.05) is 17.4 Å². The lowest BCUT2D eigenvalue weighted by molar-refractivity contribution is 0.112. The average molecular weight is 280 g/mol. The third-order valence-corrected chi connectivity index (χ3v) is 2.80. The number of benzene rings is 1. The number of rotatable bonds is 4. The lowest BCUT2D eigenvalue weighted by Gasteiger charge is -2.01. The molecule has 3 N–H and O–H groups in total. The fourth-order valence-electron chi connectivity index (χ4n) is 1.80. The quantitative estimate of drug-likeness (QED) is 0.707. The summed E-state index contributed by atoms with van der Waals surface area (Å²) >= 11 is 0. The van der Waals surface area contributed by atoms with Crippen LogP contribution in [0, 0.1) is 0 Å². The van der Waals surface area contributed by atoms with Crippen LogP contribution in [0.1, 0.15) is 10.4 Å². The zero-order valence-corrected chi connectivity index (χ0v) is 11.0. The molecule has 0 saturated heterocycles. The molecular formula is C14H12N6O. The fourth-order valence-corrected chi connectivity index (χ4v) is 1.80. The van der Waals surface area contributed by atoms with Gasteiger partial charge >= 0.3 is 0 Å². The monoisotopic (exact) mass is 280 g/mol. The predicted octanol–water partition coefficient (Wildman–Crippen LogP) is 1.80. The average Bonchev–Trinajstić information content (AvgIpc) is 2.89. The summed E-state index contributed by atoms with van der Waals surface area (Å²) in [5.41, 5.74) is 7.20. The highest BCUT2D eigenvalue weighted by molar-refractivity contribution is 5.76. The van der Waals surface area contributed by atoms with E-state index >= 15 is 0 Å². The van der Waals surface area contributed by atoms with Crippen molar-refractivity contribution in [2.24, 2.45) is 0 Å². The number of aldehydes is 1.